The minimum absolute atomic E-state index is 0.0456. The Morgan fingerprint density at radius 3 is 3.00 bits per heavy atom. The van der Waals surface area contributed by atoms with Crippen LogP contribution >= 0.6 is 11.3 Å². The van der Waals surface area contributed by atoms with Crippen molar-refractivity contribution in [3.8, 4) is 0 Å². The monoisotopic (exact) mass is 336 g/mol. The number of nitrogens with zero attached hydrogens (tertiary/aromatic N) is 1. The second kappa shape index (κ2) is 7.67. The Kier molecular flexibility index (Phi) is 5.59. The maximum atomic E-state index is 12.4. The van der Waals surface area contributed by atoms with E-state index in [9.17, 15) is 4.79 Å². The molecule has 0 bridgehead atoms. The zero-order valence-electron chi connectivity index (χ0n) is 14.1. The first-order valence-electron chi connectivity index (χ1n) is 8.85. The van der Waals surface area contributed by atoms with Crippen LogP contribution in [0.1, 0.15) is 49.8 Å². The summed E-state index contributed by atoms with van der Waals surface area (Å²) < 4.78 is 6.11. The predicted molar refractivity (Wildman–Crippen MR) is 94.0 cm³/mol. The van der Waals surface area contributed by atoms with Crippen LogP contribution in [0, 0.1) is 0 Å². The van der Waals surface area contributed by atoms with Crippen molar-refractivity contribution < 1.29 is 9.53 Å². The number of likely N-dealkylation sites (N-methyl/N-ethyl adjacent to an activating group) is 1. The molecule has 1 saturated carbocycles. The molecule has 1 spiro atoms. The van der Waals surface area contributed by atoms with E-state index in [4.69, 9.17) is 4.74 Å². The zero-order valence-corrected chi connectivity index (χ0v) is 14.9. The molecule has 0 aromatic carbocycles. The van der Waals surface area contributed by atoms with Crippen molar-refractivity contribution in [3.05, 3.63) is 22.4 Å². The molecule has 4 nitrogen and oxygen atoms in total. The molecule has 23 heavy (non-hydrogen) atoms. The quantitative estimate of drug-likeness (QED) is 0.908. The smallest absolute Gasteiger partial charge is 0.317 e. The highest BCUT2D eigenvalue weighted by Gasteiger charge is 2.39. The number of carbonyl (C=O) groups excluding carboxylic acids is 1. The van der Waals surface area contributed by atoms with Gasteiger partial charge in [0.05, 0.1) is 5.60 Å². The lowest BCUT2D eigenvalue weighted by molar-refractivity contribution is -0.108. The molecule has 1 aliphatic carbocycles. The first-order valence-corrected chi connectivity index (χ1v) is 9.73. The average Bonchev–Trinajstić information content (AvgIpc) is 3.07. The molecule has 3 rings (SSSR count). The highest BCUT2D eigenvalue weighted by Crippen LogP contribution is 2.38. The van der Waals surface area contributed by atoms with Gasteiger partial charge in [0.15, 0.2) is 0 Å². The van der Waals surface area contributed by atoms with E-state index < -0.39 is 0 Å². The summed E-state index contributed by atoms with van der Waals surface area (Å²) in [6.07, 6.45) is 9.03. The minimum Gasteiger partial charge on any atom is -0.375 e. The van der Waals surface area contributed by atoms with Gasteiger partial charge in [-0.3, -0.25) is 0 Å². The standard InChI is InChI=1S/C18H28N2O2S/c1-20(11-7-16-6-5-13-23-16)17(21)19-15-8-12-22-18(14-15)9-3-2-4-10-18/h5-6,13,15H,2-4,7-12,14H2,1H3,(H,19,21). The first kappa shape index (κ1) is 16.8. The van der Waals surface area contributed by atoms with Gasteiger partial charge in [-0.1, -0.05) is 25.3 Å². The summed E-state index contributed by atoms with van der Waals surface area (Å²) in [7, 11) is 1.89. The van der Waals surface area contributed by atoms with Crippen LogP contribution < -0.4 is 5.32 Å². The first-order chi connectivity index (χ1) is 11.2. The molecule has 2 fully saturated rings. The molecule has 1 atom stereocenters. The number of hydrogen-bond donors (Lipinski definition) is 1. The van der Waals surface area contributed by atoms with Gasteiger partial charge in [0.1, 0.15) is 0 Å². The summed E-state index contributed by atoms with van der Waals surface area (Å²) in [5.74, 6) is 0. The molecule has 1 aromatic rings. The summed E-state index contributed by atoms with van der Waals surface area (Å²) in [5, 5.41) is 5.32. The van der Waals surface area contributed by atoms with Gasteiger partial charge in [-0.25, -0.2) is 4.79 Å². The molecule has 1 aliphatic heterocycles. The van der Waals surface area contributed by atoms with Crippen LogP contribution in [0.2, 0.25) is 0 Å². The fraction of sp³-hybridized carbons (Fsp3) is 0.722. The molecule has 2 aliphatic rings. The Morgan fingerprint density at radius 1 is 1.43 bits per heavy atom. The van der Waals surface area contributed by atoms with E-state index in [-0.39, 0.29) is 17.7 Å². The van der Waals surface area contributed by atoms with Crippen molar-refractivity contribution in [3.63, 3.8) is 0 Å². The molecule has 128 valence electrons. The third-order valence-electron chi connectivity index (χ3n) is 5.21. The van der Waals surface area contributed by atoms with Gasteiger partial charge in [-0.2, -0.15) is 0 Å². The third kappa shape index (κ3) is 4.48. The molecule has 2 heterocycles. The zero-order chi connectivity index (χ0) is 16.1. The van der Waals surface area contributed by atoms with Crippen LogP contribution in [0.15, 0.2) is 17.5 Å². The van der Waals surface area contributed by atoms with E-state index in [1.807, 2.05) is 11.9 Å². The van der Waals surface area contributed by atoms with Gasteiger partial charge >= 0.3 is 6.03 Å². The fourth-order valence-electron chi connectivity index (χ4n) is 3.81. The van der Waals surface area contributed by atoms with Gasteiger partial charge in [0, 0.05) is 31.1 Å². The van der Waals surface area contributed by atoms with Gasteiger partial charge in [-0.15, -0.1) is 11.3 Å². The topological polar surface area (TPSA) is 41.6 Å². The highest BCUT2D eigenvalue weighted by molar-refractivity contribution is 7.09. The number of rotatable bonds is 4. The van der Waals surface area contributed by atoms with E-state index in [0.717, 1.165) is 45.3 Å². The number of thiophene rings is 1. The molecular weight excluding hydrogens is 308 g/mol. The number of urea groups is 1. The van der Waals surface area contributed by atoms with Crippen LogP contribution in [0.5, 0.6) is 0 Å². The van der Waals surface area contributed by atoms with Crippen LogP contribution in [-0.2, 0) is 11.2 Å². The van der Waals surface area contributed by atoms with Crippen molar-refractivity contribution in [1.29, 1.82) is 0 Å². The van der Waals surface area contributed by atoms with Crippen molar-refractivity contribution in [2.45, 2.75) is 63.0 Å². The van der Waals surface area contributed by atoms with Crippen LogP contribution in [0.3, 0.4) is 0 Å². The average molecular weight is 337 g/mol. The molecular formula is C18H28N2O2S. The van der Waals surface area contributed by atoms with Crippen molar-refractivity contribution in [1.82, 2.24) is 10.2 Å². The minimum atomic E-state index is 0.0456. The second-order valence-corrected chi connectivity index (χ2v) is 8.01. The van der Waals surface area contributed by atoms with E-state index in [1.165, 1.54) is 24.1 Å². The van der Waals surface area contributed by atoms with E-state index >= 15 is 0 Å². The number of nitrogens with one attached hydrogen (secondary N) is 1. The number of carbonyl (C=O) groups is 1. The summed E-state index contributed by atoms with van der Waals surface area (Å²) in [6, 6.07) is 4.51. The summed E-state index contributed by atoms with van der Waals surface area (Å²) in [6.45, 7) is 1.55. The SMILES string of the molecule is CN(CCc1cccs1)C(=O)NC1CCOC2(CCCCC2)C1. The van der Waals surface area contributed by atoms with Crippen LogP contribution in [0.25, 0.3) is 0 Å². The Labute approximate surface area is 143 Å². The van der Waals surface area contributed by atoms with Crippen LogP contribution in [-0.4, -0.2) is 42.8 Å². The van der Waals surface area contributed by atoms with E-state index in [2.05, 4.69) is 22.8 Å². The van der Waals surface area contributed by atoms with E-state index in [0.29, 0.717) is 0 Å². The van der Waals surface area contributed by atoms with Gasteiger partial charge < -0.3 is 15.0 Å². The number of ether oxygens (including phenoxy) is 1. The van der Waals surface area contributed by atoms with Gasteiger partial charge in [0.25, 0.3) is 0 Å². The van der Waals surface area contributed by atoms with Crippen molar-refractivity contribution >= 4 is 17.4 Å². The largest absolute Gasteiger partial charge is 0.375 e. The number of hydrogen-bond acceptors (Lipinski definition) is 3. The molecule has 0 radical (unpaired) electrons. The molecule has 1 aromatic heterocycles. The normalized spacial score (nSPS) is 23.6. The van der Waals surface area contributed by atoms with Gasteiger partial charge in [-0.05, 0) is 43.6 Å². The molecule has 1 unspecified atom stereocenters. The number of amides is 2. The van der Waals surface area contributed by atoms with Crippen molar-refractivity contribution in [2.24, 2.45) is 0 Å². The summed E-state index contributed by atoms with van der Waals surface area (Å²) >= 11 is 1.75. The molecule has 1 N–H and O–H groups in total. The molecule has 5 heteroatoms. The summed E-state index contributed by atoms with van der Waals surface area (Å²) in [5.41, 5.74) is 0.0456. The highest BCUT2D eigenvalue weighted by atomic mass is 32.1. The Morgan fingerprint density at radius 2 is 2.26 bits per heavy atom. The second-order valence-electron chi connectivity index (χ2n) is 6.98. The predicted octanol–water partition coefficient (Wildman–Crippen LogP) is 3.81. The Bertz CT molecular complexity index is 492. The Hall–Kier alpha value is -1.07. The lowest BCUT2D eigenvalue weighted by atomic mass is 9.78. The maximum absolute atomic E-state index is 12.4. The van der Waals surface area contributed by atoms with Gasteiger partial charge in [0.2, 0.25) is 0 Å². The third-order valence-corrected chi connectivity index (χ3v) is 6.14. The lowest BCUT2D eigenvalue weighted by Gasteiger charge is -2.43. The lowest BCUT2D eigenvalue weighted by Crippen LogP contribution is -2.51. The summed E-state index contributed by atoms with van der Waals surface area (Å²) in [4.78, 5) is 15.6. The van der Waals surface area contributed by atoms with Crippen molar-refractivity contribution in [2.75, 3.05) is 20.2 Å². The van der Waals surface area contributed by atoms with Crippen LogP contribution in [0.4, 0.5) is 4.79 Å². The molecule has 1 saturated heterocycles. The van der Waals surface area contributed by atoms with E-state index in [1.54, 1.807) is 11.3 Å². The fourth-order valence-corrected chi connectivity index (χ4v) is 4.51. The molecule has 2 amide bonds. The maximum Gasteiger partial charge on any atom is 0.317 e. The Balaban J connectivity index is 1.46.